The van der Waals surface area contributed by atoms with Gasteiger partial charge in [0, 0.05) is 17.8 Å². The first-order valence-electron chi connectivity index (χ1n) is 6.81. The largest absolute Gasteiger partial charge is 0.352 e. The van der Waals surface area contributed by atoms with E-state index in [1.165, 1.54) is 0 Å². The summed E-state index contributed by atoms with van der Waals surface area (Å²) in [5, 5.41) is 5.52. The van der Waals surface area contributed by atoms with E-state index in [1.54, 1.807) is 25.1 Å². The molecule has 0 heterocycles. The monoisotopic (exact) mass is 277 g/mol. The zero-order valence-corrected chi connectivity index (χ0v) is 12.5. The number of benzene rings is 1. The maximum absolute atomic E-state index is 12.1. The molecule has 5 nitrogen and oxygen atoms in total. The molecule has 0 aromatic heterocycles. The first kappa shape index (κ1) is 16.2. The molecule has 1 aromatic carbocycles. The standard InChI is InChI=1S/C15H23N3O2/c1-5-15(4,16)14(20)18-12-9-11(8-7-10(12)3)13(19)17-6-2/h7-9H,5-6,16H2,1-4H3,(H,17,19)(H,18,20). The van der Waals surface area contributed by atoms with Crippen molar-refractivity contribution in [3.05, 3.63) is 29.3 Å². The molecule has 0 bridgehead atoms. The lowest BCUT2D eigenvalue weighted by Gasteiger charge is -2.22. The van der Waals surface area contributed by atoms with Crippen LogP contribution >= 0.6 is 0 Å². The molecule has 1 unspecified atom stereocenters. The summed E-state index contributed by atoms with van der Waals surface area (Å²) < 4.78 is 0. The van der Waals surface area contributed by atoms with Gasteiger partial charge in [0.1, 0.15) is 0 Å². The topological polar surface area (TPSA) is 84.2 Å². The van der Waals surface area contributed by atoms with Crippen molar-refractivity contribution in [1.29, 1.82) is 0 Å². The quantitative estimate of drug-likeness (QED) is 0.767. The Balaban J connectivity index is 2.98. The molecule has 0 aliphatic rings. The minimum absolute atomic E-state index is 0.158. The number of nitrogens with one attached hydrogen (secondary N) is 2. The van der Waals surface area contributed by atoms with Crippen LogP contribution in [0.5, 0.6) is 0 Å². The second kappa shape index (κ2) is 6.52. The van der Waals surface area contributed by atoms with Crippen molar-refractivity contribution in [2.75, 3.05) is 11.9 Å². The Morgan fingerprint density at radius 3 is 2.50 bits per heavy atom. The molecule has 1 aromatic rings. The van der Waals surface area contributed by atoms with Crippen molar-refractivity contribution < 1.29 is 9.59 Å². The number of amides is 2. The summed E-state index contributed by atoms with van der Waals surface area (Å²) in [6.45, 7) is 7.83. The molecular weight excluding hydrogens is 254 g/mol. The summed E-state index contributed by atoms with van der Waals surface area (Å²) >= 11 is 0. The van der Waals surface area contributed by atoms with Gasteiger partial charge in [-0.2, -0.15) is 0 Å². The van der Waals surface area contributed by atoms with Gasteiger partial charge < -0.3 is 16.4 Å². The molecule has 110 valence electrons. The number of hydrogen-bond donors (Lipinski definition) is 3. The van der Waals surface area contributed by atoms with Gasteiger partial charge in [-0.05, 0) is 44.9 Å². The lowest BCUT2D eigenvalue weighted by molar-refractivity contribution is -0.120. The highest BCUT2D eigenvalue weighted by molar-refractivity contribution is 6.00. The van der Waals surface area contributed by atoms with Gasteiger partial charge in [-0.25, -0.2) is 0 Å². The second-order valence-electron chi connectivity index (χ2n) is 5.11. The van der Waals surface area contributed by atoms with E-state index in [-0.39, 0.29) is 11.8 Å². The van der Waals surface area contributed by atoms with Gasteiger partial charge in [0.15, 0.2) is 0 Å². The van der Waals surface area contributed by atoms with Gasteiger partial charge in [0.25, 0.3) is 5.91 Å². The number of aryl methyl sites for hydroxylation is 1. The van der Waals surface area contributed by atoms with Gasteiger partial charge in [-0.3, -0.25) is 9.59 Å². The third kappa shape index (κ3) is 3.81. The van der Waals surface area contributed by atoms with E-state index in [0.29, 0.717) is 24.2 Å². The predicted molar refractivity (Wildman–Crippen MR) is 80.7 cm³/mol. The van der Waals surface area contributed by atoms with Gasteiger partial charge in [-0.1, -0.05) is 13.0 Å². The number of anilines is 1. The van der Waals surface area contributed by atoms with E-state index >= 15 is 0 Å². The van der Waals surface area contributed by atoms with Crippen LogP contribution in [0, 0.1) is 6.92 Å². The van der Waals surface area contributed by atoms with Crippen molar-refractivity contribution >= 4 is 17.5 Å². The molecule has 2 amide bonds. The summed E-state index contributed by atoms with van der Waals surface area (Å²) in [5.41, 5.74) is 7.01. The highest BCUT2D eigenvalue weighted by atomic mass is 16.2. The lowest BCUT2D eigenvalue weighted by Crippen LogP contribution is -2.47. The van der Waals surface area contributed by atoms with Crippen LogP contribution in [0.3, 0.4) is 0 Å². The molecule has 0 fully saturated rings. The van der Waals surface area contributed by atoms with Crippen molar-refractivity contribution in [2.45, 2.75) is 39.7 Å². The molecule has 0 saturated heterocycles. The van der Waals surface area contributed by atoms with Crippen LogP contribution < -0.4 is 16.4 Å². The van der Waals surface area contributed by atoms with Crippen molar-refractivity contribution in [2.24, 2.45) is 5.73 Å². The maximum atomic E-state index is 12.1. The van der Waals surface area contributed by atoms with Crippen LogP contribution in [0.25, 0.3) is 0 Å². The van der Waals surface area contributed by atoms with E-state index in [4.69, 9.17) is 5.73 Å². The van der Waals surface area contributed by atoms with E-state index < -0.39 is 5.54 Å². The van der Waals surface area contributed by atoms with E-state index in [0.717, 1.165) is 5.56 Å². The molecule has 1 rings (SSSR count). The number of carbonyl (C=O) groups excluding carboxylic acids is 2. The Kier molecular flexibility index (Phi) is 5.27. The number of hydrogen-bond acceptors (Lipinski definition) is 3. The molecule has 0 aliphatic heterocycles. The predicted octanol–water partition coefficient (Wildman–Crippen LogP) is 1.81. The summed E-state index contributed by atoms with van der Waals surface area (Å²) in [4.78, 5) is 23.9. The van der Waals surface area contributed by atoms with Crippen LogP contribution in [0.4, 0.5) is 5.69 Å². The molecule has 4 N–H and O–H groups in total. The van der Waals surface area contributed by atoms with Crippen LogP contribution in [-0.4, -0.2) is 23.9 Å². The first-order chi connectivity index (χ1) is 9.31. The molecule has 0 spiro atoms. The van der Waals surface area contributed by atoms with Crippen LogP contribution in [0.2, 0.25) is 0 Å². The molecule has 0 aliphatic carbocycles. The van der Waals surface area contributed by atoms with Crippen molar-refractivity contribution in [3.8, 4) is 0 Å². The second-order valence-corrected chi connectivity index (χ2v) is 5.11. The zero-order chi connectivity index (χ0) is 15.3. The highest BCUT2D eigenvalue weighted by Crippen LogP contribution is 2.19. The fraction of sp³-hybridized carbons (Fsp3) is 0.467. The minimum Gasteiger partial charge on any atom is -0.352 e. The van der Waals surface area contributed by atoms with Gasteiger partial charge >= 0.3 is 0 Å². The maximum Gasteiger partial charge on any atom is 0.251 e. The fourth-order valence-corrected chi connectivity index (χ4v) is 1.59. The first-order valence-corrected chi connectivity index (χ1v) is 6.81. The van der Waals surface area contributed by atoms with Crippen LogP contribution in [0.15, 0.2) is 18.2 Å². The average Bonchev–Trinajstić information content (AvgIpc) is 2.41. The summed E-state index contributed by atoms with van der Waals surface area (Å²) in [7, 11) is 0. The SMILES string of the molecule is CCNC(=O)c1ccc(C)c(NC(=O)C(C)(N)CC)c1. The fourth-order valence-electron chi connectivity index (χ4n) is 1.59. The smallest absolute Gasteiger partial charge is 0.251 e. The van der Waals surface area contributed by atoms with E-state index in [1.807, 2.05) is 20.8 Å². The number of carbonyl (C=O) groups is 2. The minimum atomic E-state index is -0.922. The molecule has 5 heteroatoms. The Morgan fingerprint density at radius 1 is 1.30 bits per heavy atom. The van der Waals surface area contributed by atoms with E-state index in [9.17, 15) is 9.59 Å². The molecule has 0 radical (unpaired) electrons. The lowest BCUT2D eigenvalue weighted by atomic mass is 9.99. The van der Waals surface area contributed by atoms with Crippen LogP contribution in [0.1, 0.15) is 43.1 Å². The van der Waals surface area contributed by atoms with Gasteiger partial charge in [0.2, 0.25) is 5.91 Å². The Bertz CT molecular complexity index is 510. The summed E-state index contributed by atoms with van der Waals surface area (Å²) in [5.74, 6) is -0.412. The van der Waals surface area contributed by atoms with Crippen LogP contribution in [-0.2, 0) is 4.79 Å². The molecular formula is C15H23N3O2. The Hall–Kier alpha value is -1.88. The third-order valence-electron chi connectivity index (χ3n) is 3.34. The molecule has 0 saturated carbocycles. The molecule has 1 atom stereocenters. The zero-order valence-electron chi connectivity index (χ0n) is 12.5. The molecule has 20 heavy (non-hydrogen) atoms. The normalized spacial score (nSPS) is 13.4. The Labute approximate surface area is 119 Å². The number of nitrogens with two attached hydrogens (primary N) is 1. The highest BCUT2D eigenvalue weighted by Gasteiger charge is 2.26. The van der Waals surface area contributed by atoms with Gasteiger partial charge in [-0.15, -0.1) is 0 Å². The van der Waals surface area contributed by atoms with E-state index in [2.05, 4.69) is 10.6 Å². The summed E-state index contributed by atoms with van der Waals surface area (Å²) in [6, 6.07) is 5.21. The van der Waals surface area contributed by atoms with Crippen molar-refractivity contribution in [1.82, 2.24) is 5.32 Å². The number of rotatable bonds is 5. The van der Waals surface area contributed by atoms with Crippen molar-refractivity contribution in [3.63, 3.8) is 0 Å². The Morgan fingerprint density at radius 2 is 1.95 bits per heavy atom. The third-order valence-corrected chi connectivity index (χ3v) is 3.34. The summed E-state index contributed by atoms with van der Waals surface area (Å²) in [6.07, 6.45) is 0.536. The average molecular weight is 277 g/mol. The van der Waals surface area contributed by atoms with Gasteiger partial charge in [0.05, 0.1) is 5.54 Å².